The topological polar surface area (TPSA) is 46.2 Å². The smallest absolute Gasteiger partial charge is 0.261 e. The summed E-state index contributed by atoms with van der Waals surface area (Å²) in [6.45, 7) is 0. The number of nitrogens with one attached hydrogen (secondary N) is 1. The maximum absolute atomic E-state index is 12.6. The highest BCUT2D eigenvalue weighted by Gasteiger charge is 2.78. The van der Waals surface area contributed by atoms with Crippen LogP contribution in [-0.4, -0.2) is 22.5 Å². The van der Waals surface area contributed by atoms with Crippen molar-refractivity contribution in [2.45, 2.75) is 31.3 Å². The van der Waals surface area contributed by atoms with Gasteiger partial charge in [0.1, 0.15) is 9.75 Å². The molecule has 0 heterocycles. The average molecular weight is 532 g/mol. The molecule has 4 rings (SSSR count). The Hall–Kier alpha value is -0.330. The first-order chi connectivity index (χ1) is 13.4. The van der Waals surface area contributed by atoms with Crippen LogP contribution in [0.4, 0.5) is 5.69 Å². The Morgan fingerprint density at radius 2 is 1.45 bits per heavy atom. The zero-order chi connectivity index (χ0) is 21.2. The lowest BCUT2D eigenvalue weighted by Crippen LogP contribution is -2.43. The van der Waals surface area contributed by atoms with Crippen LogP contribution in [-0.2, 0) is 10.0 Å². The molecule has 154 valence electrons. The molecule has 2 bridgehead atoms. The van der Waals surface area contributed by atoms with Gasteiger partial charge in [-0.1, -0.05) is 76.7 Å². The van der Waals surface area contributed by atoms with Crippen molar-refractivity contribution in [2.24, 2.45) is 0 Å². The Balaban J connectivity index is 1.66. The molecule has 0 radical (unpaired) electrons. The lowest BCUT2D eigenvalue weighted by Gasteiger charge is -2.34. The maximum Gasteiger partial charge on any atom is 0.261 e. The molecule has 1 saturated carbocycles. The molecule has 2 aromatic rings. The largest absolute Gasteiger partial charge is 0.280 e. The van der Waals surface area contributed by atoms with Crippen LogP contribution < -0.4 is 4.72 Å². The molecule has 0 aliphatic heterocycles. The average Bonchev–Trinajstić information content (AvgIpc) is 2.91. The second kappa shape index (κ2) is 7.09. The number of alkyl halides is 4. The van der Waals surface area contributed by atoms with Crippen molar-refractivity contribution in [3.63, 3.8) is 0 Å². The van der Waals surface area contributed by atoms with Crippen LogP contribution in [0, 0.1) is 0 Å². The highest BCUT2D eigenvalue weighted by Crippen LogP contribution is 2.76. The first-order valence-corrected chi connectivity index (χ1v) is 12.2. The van der Waals surface area contributed by atoms with E-state index in [1.807, 2.05) is 0 Å². The zero-order valence-corrected chi connectivity index (χ0v) is 19.8. The van der Waals surface area contributed by atoms with E-state index in [-0.39, 0.29) is 21.4 Å². The number of allylic oxidation sites excluding steroid dienone is 2. The van der Waals surface area contributed by atoms with Crippen LogP contribution in [0.3, 0.4) is 0 Å². The van der Waals surface area contributed by atoms with E-state index in [4.69, 9.17) is 69.6 Å². The third-order valence-electron chi connectivity index (χ3n) is 5.40. The molecule has 2 aromatic carbocycles. The van der Waals surface area contributed by atoms with Gasteiger partial charge in [0.2, 0.25) is 0 Å². The second-order valence-electron chi connectivity index (χ2n) is 7.01. The van der Waals surface area contributed by atoms with Crippen LogP contribution in [0.2, 0.25) is 0 Å². The molecule has 0 amide bonds. The lowest BCUT2D eigenvalue weighted by atomic mass is 9.86. The van der Waals surface area contributed by atoms with Gasteiger partial charge < -0.3 is 0 Å². The molecule has 3 unspecified atom stereocenters. The highest BCUT2D eigenvalue weighted by atomic mass is 35.5. The van der Waals surface area contributed by atoms with Crippen molar-refractivity contribution >= 4 is 85.3 Å². The summed E-state index contributed by atoms with van der Waals surface area (Å²) in [7, 11) is -3.75. The van der Waals surface area contributed by atoms with E-state index >= 15 is 0 Å². The third-order valence-corrected chi connectivity index (χ3v) is 11.1. The number of hydrogen-bond donors (Lipinski definition) is 1. The fourth-order valence-corrected chi connectivity index (χ4v) is 7.71. The molecule has 0 spiro atoms. The van der Waals surface area contributed by atoms with E-state index in [1.54, 1.807) is 42.5 Å². The van der Waals surface area contributed by atoms with Gasteiger partial charge in [-0.3, -0.25) is 4.72 Å². The molecule has 1 fully saturated rings. The van der Waals surface area contributed by atoms with E-state index in [1.165, 1.54) is 12.1 Å². The van der Waals surface area contributed by atoms with Crippen LogP contribution in [0.25, 0.3) is 0 Å². The number of anilines is 1. The minimum absolute atomic E-state index is 0.0974. The summed E-state index contributed by atoms with van der Waals surface area (Å²) in [5.41, 5.74) is 1.17. The predicted molar refractivity (Wildman–Crippen MR) is 121 cm³/mol. The van der Waals surface area contributed by atoms with Gasteiger partial charge in [0.15, 0.2) is 4.33 Å². The Morgan fingerprint density at radius 3 is 1.97 bits per heavy atom. The number of hydrogen-bond acceptors (Lipinski definition) is 2. The zero-order valence-electron chi connectivity index (χ0n) is 14.5. The van der Waals surface area contributed by atoms with Gasteiger partial charge in [-0.05, 0) is 36.2 Å². The van der Waals surface area contributed by atoms with Crippen molar-refractivity contribution in [3.05, 3.63) is 70.2 Å². The van der Waals surface area contributed by atoms with E-state index < -0.39 is 30.0 Å². The van der Waals surface area contributed by atoms with E-state index in [0.29, 0.717) is 11.3 Å². The number of fused-ring (bicyclic) bond motifs is 2. The van der Waals surface area contributed by atoms with Gasteiger partial charge in [-0.2, -0.15) is 0 Å². The summed E-state index contributed by atoms with van der Waals surface area (Å²) in [4.78, 5) is -2.64. The molecule has 2 aliphatic rings. The van der Waals surface area contributed by atoms with E-state index in [9.17, 15) is 8.42 Å². The molecule has 3 atom stereocenters. The normalized spacial score (nSPS) is 30.6. The molecule has 0 aromatic heterocycles. The van der Waals surface area contributed by atoms with Gasteiger partial charge in [0, 0.05) is 11.6 Å². The Kier molecular flexibility index (Phi) is 5.35. The molecular weight excluding hydrogens is 519 g/mol. The van der Waals surface area contributed by atoms with Crippen molar-refractivity contribution < 1.29 is 8.42 Å². The summed E-state index contributed by atoms with van der Waals surface area (Å²) < 4.78 is 26.2. The summed E-state index contributed by atoms with van der Waals surface area (Å²) in [5, 5.41) is 0.253. The van der Waals surface area contributed by atoms with E-state index in [0.717, 1.165) is 0 Å². The summed E-state index contributed by atoms with van der Waals surface area (Å²) >= 11 is 39.1. The molecule has 2 aliphatic carbocycles. The Morgan fingerprint density at radius 1 is 0.862 bits per heavy atom. The standard InChI is InChI=1S/C19H13Cl6NO2S/c20-15-16(21)18(23)14(10-17(15,22)19(18,24)25)11-6-8-13(9-7-11)29(27,28)26-12-4-2-1-3-5-12/h1-9,14,26H,10H2. The quantitative estimate of drug-likeness (QED) is 0.441. The number of sulfonamides is 1. The molecule has 1 N–H and O–H groups in total. The van der Waals surface area contributed by atoms with E-state index in [2.05, 4.69) is 4.72 Å². The maximum atomic E-state index is 12.6. The second-order valence-corrected chi connectivity index (χ2v) is 12.0. The predicted octanol–water partition coefficient (Wildman–Crippen LogP) is 6.81. The fourth-order valence-electron chi connectivity index (χ4n) is 3.86. The van der Waals surface area contributed by atoms with Crippen molar-refractivity contribution in [2.75, 3.05) is 4.72 Å². The van der Waals surface area contributed by atoms with Gasteiger partial charge >= 0.3 is 0 Å². The fraction of sp³-hybridized carbons (Fsp3) is 0.263. The van der Waals surface area contributed by atoms with Gasteiger partial charge in [-0.25, -0.2) is 8.42 Å². The molecule has 0 saturated heterocycles. The molecule has 10 heteroatoms. The Bertz CT molecular complexity index is 1100. The summed E-state index contributed by atoms with van der Waals surface area (Å²) in [5.74, 6) is -0.453. The molecule has 3 nitrogen and oxygen atoms in total. The van der Waals surface area contributed by atoms with Crippen molar-refractivity contribution in [1.82, 2.24) is 0 Å². The van der Waals surface area contributed by atoms with Crippen molar-refractivity contribution in [3.8, 4) is 0 Å². The number of para-hydroxylation sites is 1. The van der Waals surface area contributed by atoms with Crippen LogP contribution in [0.15, 0.2) is 69.6 Å². The van der Waals surface area contributed by atoms with Gasteiger partial charge in [0.25, 0.3) is 10.0 Å². The number of benzene rings is 2. The summed E-state index contributed by atoms with van der Waals surface area (Å²) in [6.07, 6.45) is 0.258. The van der Waals surface area contributed by atoms with Crippen LogP contribution in [0.1, 0.15) is 17.9 Å². The number of rotatable bonds is 4. The monoisotopic (exact) mass is 529 g/mol. The highest BCUT2D eigenvalue weighted by molar-refractivity contribution is 7.92. The minimum atomic E-state index is -3.75. The first kappa shape index (κ1) is 21.9. The minimum Gasteiger partial charge on any atom is -0.280 e. The van der Waals surface area contributed by atoms with Crippen LogP contribution in [0.5, 0.6) is 0 Å². The Labute approximate surface area is 198 Å². The van der Waals surface area contributed by atoms with Gasteiger partial charge in [-0.15, -0.1) is 23.2 Å². The lowest BCUT2D eigenvalue weighted by molar-refractivity contribution is 0.597. The van der Waals surface area contributed by atoms with Crippen LogP contribution >= 0.6 is 69.6 Å². The first-order valence-electron chi connectivity index (χ1n) is 8.45. The SMILES string of the molecule is O=S(=O)(Nc1ccccc1)c1ccc(C2CC3(Cl)C(Cl)=C(Cl)C2(Cl)C3(Cl)Cl)cc1. The third kappa shape index (κ3) is 3.02. The number of halogens is 6. The van der Waals surface area contributed by atoms with Crippen molar-refractivity contribution in [1.29, 1.82) is 0 Å². The molecule has 29 heavy (non-hydrogen) atoms. The molecular formula is C19H13Cl6NO2S. The summed E-state index contributed by atoms with van der Waals surface area (Å²) in [6, 6.07) is 14.9. The van der Waals surface area contributed by atoms with Gasteiger partial charge in [0.05, 0.1) is 15.0 Å².